The van der Waals surface area contributed by atoms with E-state index in [9.17, 15) is 0 Å². The second-order valence-corrected chi connectivity index (χ2v) is 3.44. The number of thioether (sulfide) groups is 1. The van der Waals surface area contributed by atoms with Gasteiger partial charge in [0.15, 0.2) is 0 Å². The van der Waals surface area contributed by atoms with Crippen LogP contribution in [0, 0.1) is 5.92 Å². The first-order valence-electron chi connectivity index (χ1n) is 3.40. The average molecular weight is 164 g/mol. The largest absolute Gasteiger partial charge is 0.330 e. The lowest BCUT2D eigenvalue weighted by Gasteiger charge is -2.06. The fraction of sp³-hybridized carbons (Fsp3) is 1.00. The topological polar surface area (TPSA) is 61.3 Å². The van der Waals surface area contributed by atoms with E-state index in [0.717, 1.165) is 18.1 Å². The quantitative estimate of drug-likeness (QED) is 0.435. The maximum absolute atomic E-state index is 5.42. The molecule has 0 aromatic rings. The summed E-state index contributed by atoms with van der Waals surface area (Å²) in [5.74, 6) is 7.50. The molecule has 0 fully saturated rings. The lowest BCUT2D eigenvalue weighted by Crippen LogP contribution is -2.13. The average Bonchev–Trinajstić information content (AvgIpc) is 1.98. The van der Waals surface area contributed by atoms with Crippen LogP contribution in [-0.4, -0.2) is 24.7 Å². The van der Waals surface area contributed by atoms with Crippen LogP contribution in [0.4, 0.5) is 0 Å². The molecule has 0 saturated carbocycles. The molecule has 10 heavy (non-hydrogen) atoms. The van der Waals surface area contributed by atoms with Crippen molar-refractivity contribution < 1.29 is 4.84 Å². The molecule has 0 aliphatic carbocycles. The van der Waals surface area contributed by atoms with Gasteiger partial charge in [0, 0.05) is 5.75 Å². The van der Waals surface area contributed by atoms with Gasteiger partial charge in [-0.3, -0.25) is 0 Å². The normalized spacial score (nSPS) is 13.5. The minimum Gasteiger partial charge on any atom is -0.330 e. The molecular formula is C6H16N2OS. The van der Waals surface area contributed by atoms with E-state index in [1.54, 1.807) is 0 Å². The molecule has 3 nitrogen and oxygen atoms in total. The van der Waals surface area contributed by atoms with Crippen LogP contribution in [0.2, 0.25) is 0 Å². The zero-order valence-corrected chi connectivity index (χ0v) is 7.19. The van der Waals surface area contributed by atoms with E-state index in [4.69, 9.17) is 11.6 Å². The van der Waals surface area contributed by atoms with Crippen molar-refractivity contribution in [3.05, 3.63) is 0 Å². The third-order valence-electron chi connectivity index (χ3n) is 1.15. The zero-order valence-electron chi connectivity index (χ0n) is 6.38. The van der Waals surface area contributed by atoms with E-state index in [0.29, 0.717) is 12.5 Å². The van der Waals surface area contributed by atoms with Crippen molar-refractivity contribution in [3.8, 4) is 0 Å². The van der Waals surface area contributed by atoms with Crippen molar-refractivity contribution in [2.75, 3.05) is 24.7 Å². The Morgan fingerprint density at radius 3 is 2.80 bits per heavy atom. The molecule has 0 amide bonds. The molecule has 4 N–H and O–H groups in total. The van der Waals surface area contributed by atoms with Gasteiger partial charge in [-0.05, 0) is 18.2 Å². The molecule has 0 spiro atoms. The number of hydrogen-bond donors (Lipinski definition) is 2. The first-order valence-corrected chi connectivity index (χ1v) is 4.56. The predicted octanol–water partition coefficient (Wildman–Crippen LogP) is 0.205. The SMILES string of the molecule is CC(CN)CSCCON. The number of hydrogen-bond acceptors (Lipinski definition) is 4. The highest BCUT2D eigenvalue weighted by Gasteiger charge is 1.97. The standard InChI is InChI=1S/C6H16N2OS/c1-6(4-7)5-10-3-2-9-8/h6H,2-5,7-8H2,1H3. The summed E-state index contributed by atoms with van der Waals surface area (Å²) in [5.41, 5.74) is 5.42. The van der Waals surface area contributed by atoms with Crippen LogP contribution < -0.4 is 11.6 Å². The molecule has 1 atom stereocenters. The Bertz CT molecular complexity index is 72.8. The summed E-state index contributed by atoms with van der Waals surface area (Å²) in [7, 11) is 0. The van der Waals surface area contributed by atoms with Crippen molar-refractivity contribution in [1.29, 1.82) is 0 Å². The molecule has 0 aromatic heterocycles. The summed E-state index contributed by atoms with van der Waals surface area (Å²) in [5, 5.41) is 0. The third kappa shape index (κ3) is 6.35. The second kappa shape index (κ2) is 7.34. The van der Waals surface area contributed by atoms with Gasteiger partial charge in [0.2, 0.25) is 0 Å². The summed E-state index contributed by atoms with van der Waals surface area (Å²) < 4.78 is 0. The van der Waals surface area contributed by atoms with E-state index in [2.05, 4.69) is 11.8 Å². The smallest absolute Gasteiger partial charge is 0.0769 e. The Morgan fingerprint density at radius 2 is 2.30 bits per heavy atom. The lowest BCUT2D eigenvalue weighted by molar-refractivity contribution is 0.155. The van der Waals surface area contributed by atoms with Crippen LogP contribution in [0.1, 0.15) is 6.92 Å². The van der Waals surface area contributed by atoms with Gasteiger partial charge in [0.1, 0.15) is 0 Å². The highest BCUT2D eigenvalue weighted by molar-refractivity contribution is 7.99. The van der Waals surface area contributed by atoms with Gasteiger partial charge < -0.3 is 10.6 Å². The van der Waals surface area contributed by atoms with Crippen LogP contribution in [0.3, 0.4) is 0 Å². The molecule has 4 heteroatoms. The molecule has 0 saturated heterocycles. The van der Waals surface area contributed by atoms with Crippen molar-refractivity contribution >= 4 is 11.8 Å². The van der Waals surface area contributed by atoms with Crippen molar-refractivity contribution in [2.45, 2.75) is 6.92 Å². The molecule has 0 aromatic carbocycles. The van der Waals surface area contributed by atoms with E-state index in [1.165, 1.54) is 0 Å². The molecule has 62 valence electrons. The van der Waals surface area contributed by atoms with Crippen molar-refractivity contribution in [2.24, 2.45) is 17.5 Å². The van der Waals surface area contributed by atoms with Crippen LogP contribution in [0.25, 0.3) is 0 Å². The maximum Gasteiger partial charge on any atom is 0.0769 e. The fourth-order valence-electron chi connectivity index (χ4n) is 0.460. The van der Waals surface area contributed by atoms with E-state index < -0.39 is 0 Å². The van der Waals surface area contributed by atoms with Gasteiger partial charge in [0.25, 0.3) is 0 Å². The highest BCUT2D eigenvalue weighted by atomic mass is 32.2. The van der Waals surface area contributed by atoms with Gasteiger partial charge in [-0.2, -0.15) is 11.8 Å². The first-order chi connectivity index (χ1) is 4.81. The molecular weight excluding hydrogens is 148 g/mol. The summed E-state index contributed by atoms with van der Waals surface area (Å²) in [6, 6.07) is 0. The van der Waals surface area contributed by atoms with Crippen LogP contribution in [-0.2, 0) is 4.84 Å². The van der Waals surface area contributed by atoms with E-state index in [1.807, 2.05) is 11.8 Å². The van der Waals surface area contributed by atoms with Crippen LogP contribution in [0.15, 0.2) is 0 Å². The summed E-state index contributed by atoms with van der Waals surface area (Å²) in [6.07, 6.45) is 0. The molecule has 0 aliphatic rings. The van der Waals surface area contributed by atoms with Crippen molar-refractivity contribution in [3.63, 3.8) is 0 Å². The van der Waals surface area contributed by atoms with Gasteiger partial charge in [-0.1, -0.05) is 6.92 Å². The summed E-state index contributed by atoms with van der Waals surface area (Å²) >= 11 is 1.83. The molecule has 0 heterocycles. The summed E-state index contributed by atoms with van der Waals surface area (Å²) in [4.78, 5) is 4.41. The zero-order chi connectivity index (χ0) is 7.82. The molecule has 0 aliphatic heterocycles. The molecule has 0 bridgehead atoms. The Hall–Kier alpha value is 0.230. The van der Waals surface area contributed by atoms with E-state index >= 15 is 0 Å². The number of nitrogens with two attached hydrogens (primary N) is 2. The maximum atomic E-state index is 5.42. The lowest BCUT2D eigenvalue weighted by atomic mass is 10.2. The first kappa shape index (κ1) is 10.2. The highest BCUT2D eigenvalue weighted by Crippen LogP contribution is 2.05. The molecule has 0 radical (unpaired) electrons. The monoisotopic (exact) mass is 164 g/mol. The van der Waals surface area contributed by atoms with E-state index in [-0.39, 0.29) is 0 Å². The predicted molar refractivity (Wildman–Crippen MR) is 45.7 cm³/mol. The van der Waals surface area contributed by atoms with Gasteiger partial charge in [-0.15, -0.1) is 0 Å². The minimum absolute atomic E-state index is 0.600. The number of rotatable bonds is 6. The van der Waals surface area contributed by atoms with Gasteiger partial charge in [-0.25, -0.2) is 5.90 Å². The molecule has 0 rings (SSSR count). The molecule has 1 unspecified atom stereocenters. The second-order valence-electron chi connectivity index (χ2n) is 2.29. The van der Waals surface area contributed by atoms with Crippen LogP contribution >= 0.6 is 11.8 Å². The van der Waals surface area contributed by atoms with Crippen molar-refractivity contribution in [1.82, 2.24) is 0 Å². The minimum atomic E-state index is 0.600. The van der Waals surface area contributed by atoms with Crippen LogP contribution in [0.5, 0.6) is 0 Å². The van der Waals surface area contributed by atoms with Gasteiger partial charge in [0.05, 0.1) is 6.61 Å². The Morgan fingerprint density at radius 1 is 1.60 bits per heavy atom. The van der Waals surface area contributed by atoms with Gasteiger partial charge >= 0.3 is 0 Å². The fourth-order valence-corrected chi connectivity index (χ4v) is 1.38. The third-order valence-corrected chi connectivity index (χ3v) is 2.41. The Balaban J connectivity index is 2.89. The summed E-state index contributed by atoms with van der Waals surface area (Å²) in [6.45, 7) is 3.52. The Kier molecular flexibility index (Phi) is 7.51. The Labute approximate surface area is 66.4 Å².